The second-order valence-electron chi connectivity index (χ2n) is 4.90. The molecule has 1 aromatic rings. The fourth-order valence-electron chi connectivity index (χ4n) is 2.76. The Morgan fingerprint density at radius 3 is 2.70 bits per heavy atom. The highest BCUT2D eigenvalue weighted by Crippen LogP contribution is 2.33. The van der Waals surface area contributed by atoms with Crippen LogP contribution in [0.2, 0.25) is 0 Å². The number of methoxy groups -OCH3 is 1. The van der Waals surface area contributed by atoms with Crippen molar-refractivity contribution in [1.82, 2.24) is 10.2 Å². The van der Waals surface area contributed by atoms with Crippen molar-refractivity contribution in [3.63, 3.8) is 0 Å². The van der Waals surface area contributed by atoms with Crippen LogP contribution in [-0.2, 0) is 0 Å². The molecule has 1 aliphatic heterocycles. The second-order valence-corrected chi connectivity index (χ2v) is 4.90. The maximum Gasteiger partial charge on any atom is 0.311 e. The SMILES string of the molecule is CC[C@H](c1ccc(OC)c([N+](=O)[O-])c1)N1CCNCC1. The molecule has 20 heavy (non-hydrogen) atoms. The van der Waals surface area contributed by atoms with Gasteiger partial charge in [0.25, 0.3) is 0 Å². The molecule has 110 valence electrons. The molecule has 0 spiro atoms. The van der Waals surface area contributed by atoms with Gasteiger partial charge in [-0.05, 0) is 18.1 Å². The Bertz CT molecular complexity index is 473. The third-order valence-corrected chi connectivity index (χ3v) is 3.76. The fraction of sp³-hybridized carbons (Fsp3) is 0.571. The lowest BCUT2D eigenvalue weighted by atomic mass is 10.0. The van der Waals surface area contributed by atoms with E-state index >= 15 is 0 Å². The molecule has 0 aliphatic carbocycles. The number of nitro benzene ring substituents is 1. The largest absolute Gasteiger partial charge is 0.490 e. The smallest absolute Gasteiger partial charge is 0.311 e. The molecule has 0 aromatic heterocycles. The van der Waals surface area contributed by atoms with Crippen LogP contribution in [0.1, 0.15) is 24.9 Å². The van der Waals surface area contributed by atoms with Crippen molar-refractivity contribution in [3.05, 3.63) is 33.9 Å². The molecule has 1 N–H and O–H groups in total. The summed E-state index contributed by atoms with van der Waals surface area (Å²) in [5, 5.41) is 14.4. The molecular formula is C14H21N3O3. The Hall–Kier alpha value is -1.66. The van der Waals surface area contributed by atoms with Crippen molar-refractivity contribution in [3.8, 4) is 5.75 Å². The number of hydrogen-bond acceptors (Lipinski definition) is 5. The summed E-state index contributed by atoms with van der Waals surface area (Å²) in [6.45, 7) is 5.99. The Kier molecular flexibility index (Phi) is 4.92. The summed E-state index contributed by atoms with van der Waals surface area (Å²) >= 11 is 0. The van der Waals surface area contributed by atoms with E-state index in [0.29, 0.717) is 5.75 Å². The number of benzene rings is 1. The second kappa shape index (κ2) is 6.67. The van der Waals surface area contributed by atoms with Gasteiger partial charge in [-0.3, -0.25) is 15.0 Å². The van der Waals surface area contributed by atoms with Gasteiger partial charge >= 0.3 is 5.69 Å². The van der Waals surface area contributed by atoms with Crippen LogP contribution in [0.3, 0.4) is 0 Å². The molecule has 1 aliphatic rings. The fourth-order valence-corrected chi connectivity index (χ4v) is 2.76. The highest BCUT2D eigenvalue weighted by atomic mass is 16.6. The van der Waals surface area contributed by atoms with Crippen molar-refractivity contribution >= 4 is 5.69 Å². The minimum absolute atomic E-state index is 0.0404. The summed E-state index contributed by atoms with van der Waals surface area (Å²) < 4.78 is 5.06. The van der Waals surface area contributed by atoms with E-state index < -0.39 is 0 Å². The van der Waals surface area contributed by atoms with Gasteiger partial charge in [0, 0.05) is 38.3 Å². The van der Waals surface area contributed by atoms with Crippen LogP contribution in [0.5, 0.6) is 5.75 Å². The van der Waals surface area contributed by atoms with Crippen molar-refractivity contribution in [2.75, 3.05) is 33.3 Å². The average molecular weight is 279 g/mol. The summed E-state index contributed by atoms with van der Waals surface area (Å²) in [6.07, 6.45) is 0.934. The molecule has 6 nitrogen and oxygen atoms in total. The number of ether oxygens (including phenoxy) is 1. The zero-order chi connectivity index (χ0) is 14.5. The van der Waals surface area contributed by atoms with E-state index in [1.165, 1.54) is 7.11 Å². The number of rotatable bonds is 5. The lowest BCUT2D eigenvalue weighted by Crippen LogP contribution is -2.45. The summed E-state index contributed by atoms with van der Waals surface area (Å²) in [5.74, 6) is 0.314. The normalized spacial score (nSPS) is 17.7. The van der Waals surface area contributed by atoms with Crippen LogP contribution in [0.15, 0.2) is 18.2 Å². The minimum Gasteiger partial charge on any atom is -0.490 e. The quantitative estimate of drug-likeness (QED) is 0.659. The zero-order valence-electron chi connectivity index (χ0n) is 12.0. The van der Waals surface area contributed by atoms with Gasteiger partial charge in [-0.25, -0.2) is 0 Å². The molecule has 0 radical (unpaired) electrons. The van der Waals surface area contributed by atoms with Crippen molar-refractivity contribution < 1.29 is 9.66 Å². The molecule has 1 saturated heterocycles. The molecule has 1 fully saturated rings. The Morgan fingerprint density at radius 1 is 1.45 bits per heavy atom. The predicted octanol–water partition coefficient (Wildman–Crippen LogP) is 1.96. The van der Waals surface area contributed by atoms with E-state index in [4.69, 9.17) is 4.74 Å². The minimum atomic E-state index is -0.382. The number of nitrogens with one attached hydrogen (secondary N) is 1. The van der Waals surface area contributed by atoms with Crippen LogP contribution in [-0.4, -0.2) is 43.1 Å². The van der Waals surface area contributed by atoms with Gasteiger partial charge in [0.2, 0.25) is 0 Å². The van der Waals surface area contributed by atoms with Crippen molar-refractivity contribution in [2.45, 2.75) is 19.4 Å². The highest BCUT2D eigenvalue weighted by molar-refractivity contribution is 5.49. The van der Waals surface area contributed by atoms with Gasteiger partial charge in [-0.15, -0.1) is 0 Å². The van der Waals surface area contributed by atoms with Gasteiger partial charge in [0.05, 0.1) is 12.0 Å². The molecule has 6 heteroatoms. The van der Waals surface area contributed by atoms with Gasteiger partial charge < -0.3 is 10.1 Å². The van der Waals surface area contributed by atoms with Gasteiger partial charge in [0.15, 0.2) is 5.75 Å². The lowest BCUT2D eigenvalue weighted by Gasteiger charge is -2.34. The van der Waals surface area contributed by atoms with Crippen molar-refractivity contribution in [2.24, 2.45) is 0 Å². The van der Waals surface area contributed by atoms with Gasteiger partial charge in [-0.2, -0.15) is 0 Å². The first-order chi connectivity index (χ1) is 9.67. The molecule has 0 amide bonds. The first-order valence-electron chi connectivity index (χ1n) is 6.94. The first kappa shape index (κ1) is 14.7. The topological polar surface area (TPSA) is 67.6 Å². The Labute approximate surface area is 118 Å². The zero-order valence-corrected chi connectivity index (χ0v) is 12.0. The molecule has 2 rings (SSSR count). The van der Waals surface area contributed by atoms with Crippen LogP contribution >= 0.6 is 0 Å². The predicted molar refractivity (Wildman–Crippen MR) is 77.1 cm³/mol. The van der Waals surface area contributed by atoms with Gasteiger partial charge in [-0.1, -0.05) is 13.0 Å². The van der Waals surface area contributed by atoms with Crippen LogP contribution in [0, 0.1) is 10.1 Å². The summed E-state index contributed by atoms with van der Waals surface area (Å²) in [5.41, 5.74) is 1.03. The van der Waals surface area contributed by atoms with Crippen molar-refractivity contribution in [1.29, 1.82) is 0 Å². The number of piperazine rings is 1. The molecule has 0 saturated carbocycles. The maximum atomic E-state index is 11.1. The number of nitro groups is 1. The first-order valence-corrected chi connectivity index (χ1v) is 6.94. The van der Waals surface area contributed by atoms with Gasteiger partial charge in [0.1, 0.15) is 0 Å². The van der Waals surface area contributed by atoms with E-state index in [1.807, 2.05) is 6.07 Å². The Morgan fingerprint density at radius 2 is 2.15 bits per heavy atom. The van der Waals surface area contributed by atoms with E-state index in [-0.39, 0.29) is 16.7 Å². The molecule has 1 heterocycles. The van der Waals surface area contributed by atoms with E-state index in [1.54, 1.807) is 12.1 Å². The monoisotopic (exact) mass is 279 g/mol. The molecule has 1 aromatic carbocycles. The van der Waals surface area contributed by atoms with E-state index in [2.05, 4.69) is 17.1 Å². The third-order valence-electron chi connectivity index (χ3n) is 3.76. The van der Waals surface area contributed by atoms with Crippen LogP contribution < -0.4 is 10.1 Å². The molecule has 0 unspecified atom stereocenters. The molecular weight excluding hydrogens is 258 g/mol. The van der Waals surface area contributed by atoms with E-state index in [0.717, 1.165) is 38.2 Å². The highest BCUT2D eigenvalue weighted by Gasteiger charge is 2.24. The summed E-state index contributed by atoms with van der Waals surface area (Å²) in [7, 11) is 1.45. The molecule has 0 bridgehead atoms. The van der Waals surface area contributed by atoms with E-state index in [9.17, 15) is 10.1 Å². The average Bonchev–Trinajstić information content (AvgIpc) is 2.49. The number of nitrogens with zero attached hydrogens (tertiary/aromatic N) is 2. The third kappa shape index (κ3) is 3.08. The summed E-state index contributed by atoms with van der Waals surface area (Å²) in [6, 6.07) is 5.50. The van der Waals surface area contributed by atoms with Crippen LogP contribution in [0.25, 0.3) is 0 Å². The maximum absolute atomic E-state index is 11.1. The summed E-state index contributed by atoms with van der Waals surface area (Å²) in [4.78, 5) is 13.1. The standard InChI is InChI=1S/C14H21N3O3/c1-3-12(16-8-6-15-7-9-16)11-4-5-14(20-2)13(10-11)17(18)19/h4-5,10,12,15H,3,6-9H2,1-2H3/t12-/m1/s1. The Balaban J connectivity index is 2.29. The van der Waals surface area contributed by atoms with Crippen LogP contribution in [0.4, 0.5) is 5.69 Å². The lowest BCUT2D eigenvalue weighted by molar-refractivity contribution is -0.385. The molecule has 1 atom stereocenters. The number of hydrogen-bond donors (Lipinski definition) is 1.